The summed E-state index contributed by atoms with van der Waals surface area (Å²) in [6.45, 7) is 4.58. The zero-order chi connectivity index (χ0) is 11.5. The summed E-state index contributed by atoms with van der Waals surface area (Å²) in [5, 5.41) is 5.76. The van der Waals surface area contributed by atoms with Gasteiger partial charge in [0.2, 0.25) is 0 Å². The highest BCUT2D eigenvalue weighted by Gasteiger charge is 2.30. The third kappa shape index (κ3) is 2.33. The van der Waals surface area contributed by atoms with Crippen molar-refractivity contribution in [1.82, 2.24) is 5.32 Å². The SMILES string of the molecule is CCC1CCC(C(NC)c2ccsc2C)C1. The molecule has 2 rings (SSSR count). The second kappa shape index (κ2) is 5.33. The number of thiophene rings is 1. The second-order valence-electron chi connectivity index (χ2n) is 5.05. The van der Waals surface area contributed by atoms with Crippen molar-refractivity contribution in [2.24, 2.45) is 11.8 Å². The summed E-state index contributed by atoms with van der Waals surface area (Å²) in [7, 11) is 2.11. The first kappa shape index (κ1) is 12.1. The van der Waals surface area contributed by atoms with Crippen molar-refractivity contribution in [3.8, 4) is 0 Å². The van der Waals surface area contributed by atoms with Crippen molar-refractivity contribution in [2.45, 2.75) is 45.6 Å². The molecule has 16 heavy (non-hydrogen) atoms. The third-order valence-electron chi connectivity index (χ3n) is 4.18. The maximum Gasteiger partial charge on any atom is 0.0357 e. The predicted octanol–water partition coefficient (Wildman–Crippen LogP) is 4.14. The van der Waals surface area contributed by atoms with Gasteiger partial charge in [-0.25, -0.2) is 0 Å². The van der Waals surface area contributed by atoms with Crippen molar-refractivity contribution >= 4 is 11.3 Å². The van der Waals surface area contributed by atoms with Crippen LogP contribution in [0.2, 0.25) is 0 Å². The van der Waals surface area contributed by atoms with Crippen LogP contribution in [0.5, 0.6) is 0 Å². The Balaban J connectivity index is 2.09. The molecule has 0 spiro atoms. The molecule has 1 saturated carbocycles. The first-order chi connectivity index (χ1) is 7.76. The molecule has 1 N–H and O–H groups in total. The van der Waals surface area contributed by atoms with Gasteiger partial charge in [0, 0.05) is 10.9 Å². The largest absolute Gasteiger partial charge is 0.313 e. The maximum absolute atomic E-state index is 3.54. The molecule has 0 aliphatic heterocycles. The summed E-state index contributed by atoms with van der Waals surface area (Å²) in [5.41, 5.74) is 1.54. The van der Waals surface area contributed by atoms with Gasteiger partial charge in [0.25, 0.3) is 0 Å². The van der Waals surface area contributed by atoms with E-state index in [4.69, 9.17) is 0 Å². The standard InChI is InChI=1S/C14H23NS/c1-4-11-5-6-12(9-11)14(15-3)13-7-8-16-10(13)2/h7-8,11-12,14-15H,4-6,9H2,1-3H3. The average molecular weight is 237 g/mol. The summed E-state index contributed by atoms with van der Waals surface area (Å²) >= 11 is 1.87. The predicted molar refractivity (Wildman–Crippen MR) is 72.0 cm³/mol. The van der Waals surface area contributed by atoms with Crippen LogP contribution in [0.1, 0.15) is 49.1 Å². The smallest absolute Gasteiger partial charge is 0.0357 e. The molecule has 1 aliphatic rings. The molecular formula is C14H23NS. The van der Waals surface area contributed by atoms with Crippen LogP contribution in [-0.4, -0.2) is 7.05 Å². The molecule has 3 unspecified atom stereocenters. The minimum Gasteiger partial charge on any atom is -0.313 e. The molecule has 1 fully saturated rings. The molecule has 3 atom stereocenters. The first-order valence-corrected chi connectivity index (χ1v) is 7.35. The Bertz CT molecular complexity index is 331. The average Bonchev–Trinajstić information content (AvgIpc) is 2.90. The van der Waals surface area contributed by atoms with Crippen LogP contribution < -0.4 is 5.32 Å². The van der Waals surface area contributed by atoms with E-state index < -0.39 is 0 Å². The van der Waals surface area contributed by atoms with E-state index in [0.717, 1.165) is 11.8 Å². The van der Waals surface area contributed by atoms with Crippen LogP contribution in [0.3, 0.4) is 0 Å². The van der Waals surface area contributed by atoms with Crippen LogP contribution in [0, 0.1) is 18.8 Å². The Labute approximate surface area is 103 Å². The van der Waals surface area contributed by atoms with E-state index in [1.165, 1.54) is 36.1 Å². The van der Waals surface area contributed by atoms with E-state index in [1.54, 1.807) is 0 Å². The molecule has 1 aromatic rings. The minimum absolute atomic E-state index is 0.586. The lowest BCUT2D eigenvalue weighted by molar-refractivity contribution is 0.372. The molecule has 0 amide bonds. The van der Waals surface area contributed by atoms with Crippen molar-refractivity contribution in [3.63, 3.8) is 0 Å². The van der Waals surface area contributed by atoms with Gasteiger partial charge in [-0.3, -0.25) is 0 Å². The van der Waals surface area contributed by atoms with Crippen molar-refractivity contribution in [3.05, 3.63) is 21.9 Å². The molecule has 1 aromatic heterocycles. The van der Waals surface area contributed by atoms with Crippen molar-refractivity contribution in [1.29, 1.82) is 0 Å². The summed E-state index contributed by atoms with van der Waals surface area (Å²) in [5.74, 6) is 1.82. The van der Waals surface area contributed by atoms with Crippen molar-refractivity contribution < 1.29 is 0 Å². The number of aryl methyl sites for hydroxylation is 1. The van der Waals surface area contributed by atoms with Gasteiger partial charge in [-0.1, -0.05) is 19.8 Å². The Morgan fingerprint density at radius 1 is 1.50 bits per heavy atom. The normalized spacial score (nSPS) is 27.2. The zero-order valence-electron chi connectivity index (χ0n) is 10.6. The molecule has 1 heterocycles. The minimum atomic E-state index is 0.586. The monoisotopic (exact) mass is 237 g/mol. The van der Waals surface area contributed by atoms with Gasteiger partial charge >= 0.3 is 0 Å². The molecule has 1 aliphatic carbocycles. The Hall–Kier alpha value is -0.340. The highest BCUT2D eigenvalue weighted by molar-refractivity contribution is 7.10. The van der Waals surface area contributed by atoms with Gasteiger partial charge in [0.05, 0.1) is 0 Å². The lowest BCUT2D eigenvalue weighted by Crippen LogP contribution is -2.24. The molecule has 2 heteroatoms. The van der Waals surface area contributed by atoms with Gasteiger partial charge < -0.3 is 5.32 Å². The van der Waals surface area contributed by atoms with Gasteiger partial charge in [-0.05, 0) is 55.7 Å². The quantitative estimate of drug-likeness (QED) is 0.829. The van der Waals surface area contributed by atoms with Gasteiger partial charge in [-0.2, -0.15) is 0 Å². The number of rotatable bonds is 4. The lowest BCUT2D eigenvalue weighted by atomic mass is 9.91. The van der Waals surface area contributed by atoms with E-state index in [-0.39, 0.29) is 0 Å². The lowest BCUT2D eigenvalue weighted by Gasteiger charge is -2.23. The van der Waals surface area contributed by atoms with Crippen LogP contribution in [0.4, 0.5) is 0 Å². The van der Waals surface area contributed by atoms with Crippen LogP contribution in [0.15, 0.2) is 11.4 Å². The summed E-state index contributed by atoms with van der Waals surface area (Å²) in [6.07, 6.45) is 5.61. The van der Waals surface area contributed by atoms with Gasteiger partial charge in [0.15, 0.2) is 0 Å². The molecule has 0 bridgehead atoms. The topological polar surface area (TPSA) is 12.0 Å². The van der Waals surface area contributed by atoms with Crippen LogP contribution >= 0.6 is 11.3 Å². The first-order valence-electron chi connectivity index (χ1n) is 6.47. The highest BCUT2D eigenvalue weighted by Crippen LogP contribution is 2.41. The number of hydrogen-bond acceptors (Lipinski definition) is 2. The molecule has 0 aromatic carbocycles. The summed E-state index contributed by atoms with van der Waals surface area (Å²) < 4.78 is 0. The fraction of sp³-hybridized carbons (Fsp3) is 0.714. The molecule has 90 valence electrons. The number of nitrogens with one attached hydrogen (secondary N) is 1. The zero-order valence-corrected chi connectivity index (χ0v) is 11.4. The Morgan fingerprint density at radius 3 is 2.81 bits per heavy atom. The molecule has 1 nitrogen and oxygen atoms in total. The fourth-order valence-corrected chi connectivity index (χ4v) is 3.90. The van der Waals surface area contributed by atoms with Crippen LogP contribution in [-0.2, 0) is 0 Å². The molecular weight excluding hydrogens is 214 g/mol. The number of hydrogen-bond donors (Lipinski definition) is 1. The van der Waals surface area contributed by atoms with Crippen molar-refractivity contribution in [2.75, 3.05) is 7.05 Å². The Kier molecular flexibility index (Phi) is 4.04. The van der Waals surface area contributed by atoms with E-state index >= 15 is 0 Å². The Morgan fingerprint density at radius 2 is 2.31 bits per heavy atom. The maximum atomic E-state index is 3.54. The van der Waals surface area contributed by atoms with E-state index in [1.807, 2.05) is 11.3 Å². The summed E-state index contributed by atoms with van der Waals surface area (Å²) in [4.78, 5) is 1.49. The highest BCUT2D eigenvalue weighted by atomic mass is 32.1. The molecule has 0 saturated heterocycles. The van der Waals surface area contributed by atoms with E-state index in [9.17, 15) is 0 Å². The summed E-state index contributed by atoms with van der Waals surface area (Å²) in [6, 6.07) is 2.89. The van der Waals surface area contributed by atoms with Gasteiger partial charge in [0.1, 0.15) is 0 Å². The second-order valence-corrected chi connectivity index (χ2v) is 6.17. The van der Waals surface area contributed by atoms with E-state index in [0.29, 0.717) is 6.04 Å². The van der Waals surface area contributed by atoms with E-state index in [2.05, 4.69) is 37.7 Å². The van der Waals surface area contributed by atoms with Crippen LogP contribution in [0.25, 0.3) is 0 Å². The fourth-order valence-electron chi connectivity index (χ4n) is 3.15. The molecule has 0 radical (unpaired) electrons. The van der Waals surface area contributed by atoms with Gasteiger partial charge in [-0.15, -0.1) is 11.3 Å². The third-order valence-corrected chi connectivity index (χ3v) is 5.04.